The van der Waals surface area contributed by atoms with Gasteiger partial charge in [-0.15, -0.1) is 11.8 Å². The van der Waals surface area contributed by atoms with Crippen LogP contribution in [-0.4, -0.2) is 25.5 Å². The molecular weight excluding hydrogens is 206 g/mol. The highest BCUT2D eigenvalue weighted by atomic mass is 32.2. The molecule has 84 valence electrons. The average molecular weight is 225 g/mol. The molecule has 0 aliphatic heterocycles. The van der Waals surface area contributed by atoms with E-state index >= 15 is 0 Å². The molecule has 0 atom stereocenters. The molecule has 0 aromatic heterocycles. The molecule has 0 unspecified atom stereocenters. The van der Waals surface area contributed by atoms with E-state index in [1.165, 1.54) is 10.6 Å². The van der Waals surface area contributed by atoms with Crippen LogP contribution in [0.4, 0.5) is 5.69 Å². The molecule has 1 aromatic carbocycles. The van der Waals surface area contributed by atoms with Crippen molar-refractivity contribution < 1.29 is 4.74 Å². The van der Waals surface area contributed by atoms with Crippen molar-refractivity contribution >= 4 is 17.4 Å². The highest BCUT2D eigenvalue weighted by Gasteiger charge is 1.99. The summed E-state index contributed by atoms with van der Waals surface area (Å²) >= 11 is 1.76. The normalized spacial score (nSPS) is 10.7. The molecule has 0 fully saturated rings. The van der Waals surface area contributed by atoms with Crippen LogP contribution in [0.3, 0.4) is 0 Å². The Morgan fingerprint density at radius 2 is 2.07 bits per heavy atom. The molecule has 0 radical (unpaired) electrons. The Morgan fingerprint density at radius 1 is 1.33 bits per heavy atom. The van der Waals surface area contributed by atoms with Gasteiger partial charge >= 0.3 is 0 Å². The summed E-state index contributed by atoms with van der Waals surface area (Å²) in [4.78, 5) is 1.28. The highest BCUT2D eigenvalue weighted by Crippen LogP contribution is 2.24. The summed E-state index contributed by atoms with van der Waals surface area (Å²) in [5.41, 5.74) is 1.19. The second-order valence-corrected chi connectivity index (χ2v) is 4.39. The van der Waals surface area contributed by atoms with Crippen molar-refractivity contribution in [3.8, 4) is 0 Å². The van der Waals surface area contributed by atoms with E-state index in [1.54, 1.807) is 11.8 Å². The van der Waals surface area contributed by atoms with Crippen molar-refractivity contribution in [3.63, 3.8) is 0 Å². The first kappa shape index (κ1) is 12.4. The minimum atomic E-state index is 0.308. The summed E-state index contributed by atoms with van der Waals surface area (Å²) in [6.45, 7) is 5.71. The van der Waals surface area contributed by atoms with Crippen LogP contribution in [0.5, 0.6) is 0 Å². The van der Waals surface area contributed by atoms with Gasteiger partial charge in [-0.05, 0) is 32.2 Å². The minimum absolute atomic E-state index is 0.308. The highest BCUT2D eigenvalue weighted by molar-refractivity contribution is 7.98. The van der Waals surface area contributed by atoms with E-state index in [1.807, 2.05) is 6.07 Å². The van der Waals surface area contributed by atoms with Gasteiger partial charge in [-0.3, -0.25) is 0 Å². The fourth-order valence-electron chi connectivity index (χ4n) is 1.27. The lowest BCUT2D eigenvalue weighted by molar-refractivity contribution is 0.0870. The first-order valence-electron chi connectivity index (χ1n) is 5.22. The number of rotatable bonds is 6. The maximum atomic E-state index is 5.47. The summed E-state index contributed by atoms with van der Waals surface area (Å²) < 4.78 is 5.47. The van der Waals surface area contributed by atoms with E-state index in [0.717, 1.165) is 13.2 Å². The topological polar surface area (TPSA) is 21.3 Å². The van der Waals surface area contributed by atoms with Crippen molar-refractivity contribution in [1.82, 2.24) is 0 Å². The summed E-state index contributed by atoms with van der Waals surface area (Å²) in [6.07, 6.45) is 2.40. The molecule has 0 heterocycles. The number of benzene rings is 1. The minimum Gasteiger partial charge on any atom is -0.382 e. The first-order valence-corrected chi connectivity index (χ1v) is 6.45. The van der Waals surface area contributed by atoms with E-state index in [9.17, 15) is 0 Å². The fourth-order valence-corrected chi connectivity index (χ4v) is 1.85. The Hall–Kier alpha value is -0.670. The standard InChI is InChI=1S/C12H19NOS/c1-10(2)14-9-8-13-11-6-4-5-7-12(11)15-3/h4-7,10,13H,8-9H2,1-3H3. The molecule has 0 spiro atoms. The molecule has 0 saturated heterocycles. The zero-order valence-corrected chi connectivity index (χ0v) is 10.4. The Labute approximate surface area is 96.4 Å². The van der Waals surface area contributed by atoms with Crippen molar-refractivity contribution in [3.05, 3.63) is 24.3 Å². The van der Waals surface area contributed by atoms with Gasteiger partial charge in [0.25, 0.3) is 0 Å². The van der Waals surface area contributed by atoms with Gasteiger partial charge in [0.1, 0.15) is 0 Å². The van der Waals surface area contributed by atoms with Crippen LogP contribution in [0, 0.1) is 0 Å². The Bertz CT molecular complexity index is 289. The third kappa shape index (κ3) is 4.58. The Balaban J connectivity index is 2.36. The molecule has 0 aliphatic rings. The van der Waals surface area contributed by atoms with E-state index in [0.29, 0.717) is 6.10 Å². The number of anilines is 1. The number of nitrogens with one attached hydrogen (secondary N) is 1. The number of thioether (sulfide) groups is 1. The summed E-state index contributed by atoms with van der Waals surface area (Å²) in [7, 11) is 0. The van der Waals surface area contributed by atoms with Crippen LogP contribution in [0.15, 0.2) is 29.2 Å². The van der Waals surface area contributed by atoms with Gasteiger partial charge in [-0.2, -0.15) is 0 Å². The molecule has 1 rings (SSSR count). The summed E-state index contributed by atoms with van der Waals surface area (Å²) in [6, 6.07) is 8.32. The SMILES string of the molecule is CSc1ccccc1NCCOC(C)C. The zero-order chi connectivity index (χ0) is 11.1. The lowest BCUT2D eigenvalue weighted by Gasteiger charge is -2.11. The average Bonchev–Trinajstić information content (AvgIpc) is 2.24. The van der Waals surface area contributed by atoms with Gasteiger partial charge in [0.2, 0.25) is 0 Å². The lowest BCUT2D eigenvalue weighted by atomic mass is 10.3. The van der Waals surface area contributed by atoms with Crippen molar-refractivity contribution in [2.75, 3.05) is 24.7 Å². The number of hydrogen-bond donors (Lipinski definition) is 1. The largest absolute Gasteiger partial charge is 0.382 e. The third-order valence-electron chi connectivity index (χ3n) is 1.98. The quantitative estimate of drug-likeness (QED) is 0.593. The van der Waals surface area contributed by atoms with Crippen LogP contribution < -0.4 is 5.32 Å². The second-order valence-electron chi connectivity index (χ2n) is 3.55. The molecule has 0 amide bonds. The van der Waals surface area contributed by atoms with Crippen molar-refractivity contribution in [1.29, 1.82) is 0 Å². The van der Waals surface area contributed by atoms with Crippen molar-refractivity contribution in [2.45, 2.75) is 24.8 Å². The smallest absolute Gasteiger partial charge is 0.0642 e. The van der Waals surface area contributed by atoms with Gasteiger partial charge in [0.05, 0.1) is 12.7 Å². The van der Waals surface area contributed by atoms with Gasteiger partial charge in [-0.25, -0.2) is 0 Å². The van der Waals surface area contributed by atoms with Crippen LogP contribution in [0.1, 0.15) is 13.8 Å². The fraction of sp³-hybridized carbons (Fsp3) is 0.500. The lowest BCUT2D eigenvalue weighted by Crippen LogP contribution is -2.13. The third-order valence-corrected chi connectivity index (χ3v) is 2.77. The molecule has 3 heteroatoms. The zero-order valence-electron chi connectivity index (χ0n) is 9.62. The molecular formula is C12H19NOS. The Morgan fingerprint density at radius 3 is 2.73 bits per heavy atom. The maximum Gasteiger partial charge on any atom is 0.0642 e. The molecule has 2 nitrogen and oxygen atoms in total. The van der Waals surface area contributed by atoms with Gasteiger partial charge in [0, 0.05) is 17.1 Å². The number of hydrogen-bond acceptors (Lipinski definition) is 3. The predicted octanol–water partition coefficient (Wildman–Crippen LogP) is 3.25. The molecule has 15 heavy (non-hydrogen) atoms. The second kappa shape index (κ2) is 6.75. The van der Waals surface area contributed by atoms with Crippen LogP contribution in [0.25, 0.3) is 0 Å². The van der Waals surface area contributed by atoms with E-state index in [4.69, 9.17) is 4.74 Å². The first-order chi connectivity index (χ1) is 7.24. The summed E-state index contributed by atoms with van der Waals surface area (Å²) in [5.74, 6) is 0. The van der Waals surface area contributed by atoms with Crippen molar-refractivity contribution in [2.24, 2.45) is 0 Å². The number of para-hydroxylation sites is 1. The predicted molar refractivity (Wildman–Crippen MR) is 67.8 cm³/mol. The monoisotopic (exact) mass is 225 g/mol. The molecule has 0 aliphatic carbocycles. The maximum absolute atomic E-state index is 5.47. The molecule has 1 N–H and O–H groups in total. The Kier molecular flexibility index (Phi) is 5.58. The van der Waals surface area contributed by atoms with Gasteiger partial charge in [-0.1, -0.05) is 12.1 Å². The molecule has 0 bridgehead atoms. The van der Waals surface area contributed by atoms with E-state index in [2.05, 4.69) is 43.6 Å². The van der Waals surface area contributed by atoms with Crippen LogP contribution in [0.2, 0.25) is 0 Å². The van der Waals surface area contributed by atoms with Gasteiger partial charge in [0.15, 0.2) is 0 Å². The van der Waals surface area contributed by atoms with Gasteiger partial charge < -0.3 is 10.1 Å². The molecule has 1 aromatic rings. The van der Waals surface area contributed by atoms with Crippen LogP contribution in [-0.2, 0) is 4.74 Å². The van der Waals surface area contributed by atoms with Crippen LogP contribution >= 0.6 is 11.8 Å². The number of ether oxygens (including phenoxy) is 1. The molecule has 0 saturated carbocycles. The summed E-state index contributed by atoms with van der Waals surface area (Å²) in [5, 5.41) is 3.37. The van der Waals surface area contributed by atoms with E-state index in [-0.39, 0.29) is 0 Å². The van der Waals surface area contributed by atoms with E-state index < -0.39 is 0 Å².